The lowest BCUT2D eigenvalue weighted by molar-refractivity contribution is 0.264. The maximum absolute atomic E-state index is 6.53. The van der Waals surface area contributed by atoms with Gasteiger partial charge in [0.1, 0.15) is 0 Å². The Labute approximate surface area is 144 Å². The van der Waals surface area contributed by atoms with Crippen LogP contribution in [0.15, 0.2) is 42.6 Å². The molecule has 21 heavy (non-hydrogen) atoms. The molecule has 3 N–H and O–H groups in total. The standard InChI is InChI=1S/C14H14Cl3N3S/c15-11-4-3-5-12(16)10(11)6-9-20-8-2-1-7-14(20,17)19-13(18)21/h1-5,7-8H,6,9H2,(H3,18,19,21). The number of rotatable bonds is 4. The zero-order valence-corrected chi connectivity index (χ0v) is 14.1. The largest absolute Gasteiger partial charge is 0.376 e. The second kappa shape index (κ2) is 6.88. The fourth-order valence-corrected chi connectivity index (χ4v) is 3.18. The van der Waals surface area contributed by atoms with Crippen molar-refractivity contribution in [1.29, 1.82) is 0 Å². The summed E-state index contributed by atoms with van der Waals surface area (Å²) in [6.07, 6.45) is 8.00. The molecule has 0 bridgehead atoms. The SMILES string of the molecule is NC(=S)NC1(Cl)C=CC=CN1CCc1c(Cl)cccc1Cl. The number of allylic oxidation sites excluding steroid dienone is 2. The summed E-state index contributed by atoms with van der Waals surface area (Å²) in [5, 5.41) is 3.30. The molecule has 0 saturated carbocycles. The molecule has 112 valence electrons. The summed E-state index contributed by atoms with van der Waals surface area (Å²) in [4.78, 5) is 1.88. The number of benzene rings is 1. The van der Waals surface area contributed by atoms with Crippen LogP contribution in [0.5, 0.6) is 0 Å². The quantitative estimate of drug-likeness (QED) is 0.487. The van der Waals surface area contributed by atoms with Crippen molar-refractivity contribution in [2.45, 2.75) is 11.5 Å². The number of nitrogens with one attached hydrogen (secondary N) is 1. The predicted molar refractivity (Wildman–Crippen MR) is 93.7 cm³/mol. The lowest BCUT2D eigenvalue weighted by Gasteiger charge is -2.38. The first-order chi connectivity index (χ1) is 9.92. The third-order valence-electron chi connectivity index (χ3n) is 3.08. The topological polar surface area (TPSA) is 41.3 Å². The van der Waals surface area contributed by atoms with Crippen LogP contribution in [0, 0.1) is 0 Å². The summed E-state index contributed by atoms with van der Waals surface area (Å²) in [6.45, 7) is 0.601. The van der Waals surface area contributed by atoms with Gasteiger partial charge in [-0.15, -0.1) is 0 Å². The molecule has 3 nitrogen and oxygen atoms in total. The number of hydrogen-bond donors (Lipinski definition) is 2. The van der Waals surface area contributed by atoms with Gasteiger partial charge in [0.05, 0.1) is 0 Å². The first kappa shape index (κ1) is 16.4. The van der Waals surface area contributed by atoms with Gasteiger partial charge >= 0.3 is 0 Å². The Bertz CT molecular complexity index is 583. The third kappa shape index (κ3) is 4.04. The highest BCUT2D eigenvalue weighted by Crippen LogP contribution is 2.28. The Morgan fingerprint density at radius 2 is 1.95 bits per heavy atom. The molecule has 1 unspecified atom stereocenters. The number of hydrogen-bond acceptors (Lipinski definition) is 2. The number of nitrogens with zero attached hydrogens (tertiary/aromatic N) is 1. The molecule has 2 rings (SSSR count). The molecule has 1 heterocycles. The van der Waals surface area contributed by atoms with E-state index in [-0.39, 0.29) is 5.11 Å². The molecule has 1 aromatic carbocycles. The van der Waals surface area contributed by atoms with Gasteiger partial charge in [-0.25, -0.2) is 0 Å². The fourth-order valence-electron chi connectivity index (χ4n) is 2.07. The first-order valence-corrected chi connectivity index (χ1v) is 7.79. The number of nitrogens with two attached hydrogens (primary N) is 1. The molecule has 1 atom stereocenters. The molecule has 0 aliphatic carbocycles. The summed E-state index contributed by atoms with van der Waals surface area (Å²) in [5.74, 6) is 0. The van der Waals surface area contributed by atoms with E-state index in [4.69, 9.17) is 52.8 Å². The van der Waals surface area contributed by atoms with Crippen molar-refractivity contribution in [3.63, 3.8) is 0 Å². The minimum atomic E-state index is -0.978. The summed E-state index contributed by atoms with van der Waals surface area (Å²) in [7, 11) is 0. The van der Waals surface area contributed by atoms with Gasteiger partial charge in [-0.1, -0.05) is 46.9 Å². The molecule has 1 aromatic rings. The molecule has 1 aliphatic rings. The first-order valence-electron chi connectivity index (χ1n) is 6.24. The van der Waals surface area contributed by atoms with E-state index in [2.05, 4.69) is 5.32 Å². The van der Waals surface area contributed by atoms with Gasteiger partial charge in [-0.05, 0) is 48.5 Å². The van der Waals surface area contributed by atoms with Crippen molar-refractivity contribution in [2.75, 3.05) is 6.54 Å². The van der Waals surface area contributed by atoms with E-state index >= 15 is 0 Å². The zero-order valence-electron chi connectivity index (χ0n) is 11.0. The maximum atomic E-state index is 6.53. The molecule has 0 aromatic heterocycles. The van der Waals surface area contributed by atoms with Gasteiger partial charge in [0.25, 0.3) is 0 Å². The second-order valence-electron chi connectivity index (χ2n) is 4.51. The van der Waals surface area contributed by atoms with Crippen molar-refractivity contribution < 1.29 is 0 Å². The number of thiocarbonyl (C=S) groups is 1. The normalized spacial score (nSPS) is 20.6. The third-order valence-corrected chi connectivity index (χ3v) is 4.32. The lowest BCUT2D eigenvalue weighted by Crippen LogP contribution is -2.56. The van der Waals surface area contributed by atoms with Crippen LogP contribution in [0.4, 0.5) is 0 Å². The average Bonchev–Trinajstić information content (AvgIpc) is 2.39. The van der Waals surface area contributed by atoms with Crippen molar-refractivity contribution in [2.24, 2.45) is 5.73 Å². The molecule has 0 fully saturated rings. The van der Waals surface area contributed by atoms with E-state index in [0.29, 0.717) is 23.0 Å². The Kier molecular flexibility index (Phi) is 5.38. The fraction of sp³-hybridized carbons (Fsp3) is 0.214. The Morgan fingerprint density at radius 3 is 2.57 bits per heavy atom. The van der Waals surface area contributed by atoms with E-state index in [9.17, 15) is 0 Å². The van der Waals surface area contributed by atoms with Crippen LogP contribution in [-0.4, -0.2) is 21.7 Å². The highest BCUT2D eigenvalue weighted by atomic mass is 35.5. The van der Waals surface area contributed by atoms with E-state index in [1.54, 1.807) is 6.08 Å². The van der Waals surface area contributed by atoms with Crippen LogP contribution in [0.1, 0.15) is 5.56 Å². The molecule has 0 amide bonds. The monoisotopic (exact) mass is 361 g/mol. The van der Waals surface area contributed by atoms with Gasteiger partial charge in [0.2, 0.25) is 5.12 Å². The summed E-state index contributed by atoms with van der Waals surface area (Å²) in [6, 6.07) is 5.45. The number of alkyl halides is 1. The van der Waals surface area contributed by atoms with E-state index in [0.717, 1.165) is 5.56 Å². The van der Waals surface area contributed by atoms with Gasteiger partial charge in [0.15, 0.2) is 5.11 Å². The van der Waals surface area contributed by atoms with Gasteiger partial charge in [-0.3, -0.25) is 0 Å². The molecule has 1 aliphatic heterocycles. The Morgan fingerprint density at radius 1 is 1.29 bits per heavy atom. The zero-order chi connectivity index (χ0) is 15.5. The predicted octanol–water partition coefficient (Wildman–Crippen LogP) is 3.65. The summed E-state index contributed by atoms with van der Waals surface area (Å²) in [5.41, 5.74) is 6.42. The molecule has 7 heteroatoms. The van der Waals surface area contributed by atoms with Crippen molar-refractivity contribution in [3.8, 4) is 0 Å². The van der Waals surface area contributed by atoms with Crippen molar-refractivity contribution in [3.05, 3.63) is 58.2 Å². The molecule has 0 radical (unpaired) electrons. The number of halogens is 3. The molecular formula is C14H14Cl3N3S. The van der Waals surface area contributed by atoms with Crippen LogP contribution < -0.4 is 11.1 Å². The summed E-state index contributed by atoms with van der Waals surface area (Å²) >= 11 is 23.8. The molecular weight excluding hydrogens is 349 g/mol. The van der Waals surface area contributed by atoms with Gasteiger partial charge in [-0.2, -0.15) is 0 Å². The van der Waals surface area contributed by atoms with E-state index in [1.807, 2.05) is 41.5 Å². The average molecular weight is 363 g/mol. The highest BCUT2D eigenvalue weighted by molar-refractivity contribution is 7.80. The Balaban J connectivity index is 2.12. The van der Waals surface area contributed by atoms with Crippen LogP contribution in [0.3, 0.4) is 0 Å². The van der Waals surface area contributed by atoms with Crippen molar-refractivity contribution >= 4 is 52.1 Å². The van der Waals surface area contributed by atoms with Crippen molar-refractivity contribution in [1.82, 2.24) is 10.2 Å². The van der Waals surface area contributed by atoms with Crippen LogP contribution in [-0.2, 0) is 6.42 Å². The van der Waals surface area contributed by atoms with Crippen LogP contribution in [0.2, 0.25) is 10.0 Å². The second-order valence-corrected chi connectivity index (χ2v) is 6.34. The van der Waals surface area contributed by atoms with Gasteiger partial charge < -0.3 is 16.0 Å². The molecule has 0 spiro atoms. The summed E-state index contributed by atoms with van der Waals surface area (Å²) < 4.78 is 0. The minimum absolute atomic E-state index is 0.130. The minimum Gasteiger partial charge on any atom is -0.376 e. The smallest absolute Gasteiger partial charge is 0.210 e. The van der Waals surface area contributed by atoms with Crippen LogP contribution in [0.25, 0.3) is 0 Å². The lowest BCUT2D eigenvalue weighted by atomic mass is 10.1. The van der Waals surface area contributed by atoms with Gasteiger partial charge in [0, 0.05) is 22.8 Å². The van der Waals surface area contributed by atoms with E-state index in [1.165, 1.54) is 0 Å². The maximum Gasteiger partial charge on any atom is 0.210 e. The van der Waals surface area contributed by atoms with E-state index < -0.39 is 5.12 Å². The molecule has 0 saturated heterocycles. The van der Waals surface area contributed by atoms with Crippen LogP contribution >= 0.6 is 47.0 Å². The highest BCUT2D eigenvalue weighted by Gasteiger charge is 2.31. The Hall–Kier alpha value is -0.940.